The summed E-state index contributed by atoms with van der Waals surface area (Å²) in [6.45, 7) is 0.184. The Morgan fingerprint density at radius 1 is 1.14 bits per heavy atom. The van der Waals surface area contributed by atoms with E-state index >= 15 is 0 Å². The van der Waals surface area contributed by atoms with Gasteiger partial charge in [-0.2, -0.15) is 17.5 Å². The van der Waals surface area contributed by atoms with Crippen LogP contribution in [0.25, 0.3) is 0 Å². The van der Waals surface area contributed by atoms with Gasteiger partial charge >= 0.3 is 6.18 Å². The zero-order valence-electron chi connectivity index (χ0n) is 18.6. The molecule has 0 spiro atoms. The van der Waals surface area contributed by atoms with E-state index in [1.807, 2.05) is 0 Å². The van der Waals surface area contributed by atoms with Crippen LogP contribution in [0.15, 0.2) is 70.5 Å². The van der Waals surface area contributed by atoms with Crippen molar-refractivity contribution < 1.29 is 35.5 Å². The summed E-state index contributed by atoms with van der Waals surface area (Å²) >= 11 is 0. The maximum absolute atomic E-state index is 12.9. The second-order valence-electron chi connectivity index (χ2n) is 8.16. The number of benzene rings is 1. The smallest absolute Gasteiger partial charge is 0.433 e. The second-order valence-corrected chi connectivity index (χ2v) is 9.98. The first-order valence-electron chi connectivity index (χ1n) is 11.0. The molecule has 3 heterocycles. The zero-order valence-corrected chi connectivity index (χ0v) is 19.4. The molecule has 0 N–H and O–H groups in total. The van der Waals surface area contributed by atoms with Crippen LogP contribution in [0.3, 0.4) is 0 Å². The van der Waals surface area contributed by atoms with Gasteiger partial charge in [0.1, 0.15) is 18.1 Å². The standard InChI is InChI=1S/C24H23F3N2O5S/c25-24(26,27)22-15-18(10-11-28-22)16-34-19-5-1-4-17(14-19)8-9-21(30)20-6-2-12-29(20)35(31,32)23-7-3-13-33-23/h1,3-5,7,10-11,13-15,20H,2,6,8-9,12,16H2/t20-/m0/s1. The van der Waals surface area contributed by atoms with E-state index in [-0.39, 0.29) is 30.4 Å². The Morgan fingerprint density at radius 2 is 1.97 bits per heavy atom. The summed E-state index contributed by atoms with van der Waals surface area (Å²) in [5.74, 6) is 0.267. The van der Waals surface area contributed by atoms with Gasteiger partial charge in [0.25, 0.3) is 10.0 Å². The van der Waals surface area contributed by atoms with Crippen molar-refractivity contribution in [1.82, 2.24) is 9.29 Å². The lowest BCUT2D eigenvalue weighted by atomic mass is 10.0. The van der Waals surface area contributed by atoms with E-state index in [4.69, 9.17) is 9.15 Å². The van der Waals surface area contributed by atoms with Gasteiger partial charge in [0.2, 0.25) is 5.09 Å². The van der Waals surface area contributed by atoms with E-state index in [1.165, 1.54) is 28.8 Å². The second kappa shape index (κ2) is 10.2. The van der Waals surface area contributed by atoms with E-state index < -0.39 is 27.9 Å². The highest BCUT2D eigenvalue weighted by Gasteiger charge is 2.40. The molecule has 4 rings (SSSR count). The molecule has 1 aromatic carbocycles. The number of carbonyl (C=O) groups is 1. The van der Waals surface area contributed by atoms with Crippen molar-refractivity contribution in [3.8, 4) is 5.75 Å². The van der Waals surface area contributed by atoms with Crippen molar-refractivity contribution >= 4 is 15.8 Å². The van der Waals surface area contributed by atoms with Gasteiger partial charge in [0, 0.05) is 19.2 Å². The molecule has 0 bridgehead atoms. The van der Waals surface area contributed by atoms with Crippen LogP contribution in [0.5, 0.6) is 5.75 Å². The average Bonchev–Trinajstić information content (AvgIpc) is 3.54. The molecule has 1 atom stereocenters. The lowest BCUT2D eigenvalue weighted by Gasteiger charge is -2.21. The van der Waals surface area contributed by atoms with Crippen molar-refractivity contribution in [3.63, 3.8) is 0 Å². The van der Waals surface area contributed by atoms with E-state index in [9.17, 15) is 26.4 Å². The molecule has 7 nitrogen and oxygen atoms in total. The number of pyridine rings is 1. The van der Waals surface area contributed by atoms with Crippen molar-refractivity contribution in [2.75, 3.05) is 6.54 Å². The summed E-state index contributed by atoms with van der Waals surface area (Å²) in [7, 11) is -3.87. The van der Waals surface area contributed by atoms with Crippen molar-refractivity contribution in [2.24, 2.45) is 0 Å². The third-order valence-electron chi connectivity index (χ3n) is 5.71. The number of aromatic nitrogens is 1. The largest absolute Gasteiger partial charge is 0.489 e. The first-order valence-corrected chi connectivity index (χ1v) is 12.4. The molecule has 1 aliphatic heterocycles. The highest BCUT2D eigenvalue weighted by molar-refractivity contribution is 7.89. The Labute approximate surface area is 200 Å². The highest BCUT2D eigenvalue weighted by atomic mass is 32.2. The number of aryl methyl sites for hydroxylation is 1. The quantitative estimate of drug-likeness (QED) is 0.419. The molecule has 186 valence electrons. The van der Waals surface area contributed by atoms with Crippen molar-refractivity contribution in [1.29, 1.82) is 0 Å². The zero-order chi connectivity index (χ0) is 25.1. The molecule has 1 aliphatic rings. The number of sulfonamides is 1. The van der Waals surface area contributed by atoms with Gasteiger partial charge in [-0.1, -0.05) is 12.1 Å². The monoisotopic (exact) mass is 508 g/mol. The highest BCUT2D eigenvalue weighted by Crippen LogP contribution is 2.29. The summed E-state index contributed by atoms with van der Waals surface area (Å²) < 4.78 is 76.0. The van der Waals surface area contributed by atoms with Crippen LogP contribution in [-0.4, -0.2) is 36.1 Å². The van der Waals surface area contributed by atoms with Gasteiger partial charge in [0.15, 0.2) is 5.78 Å². The van der Waals surface area contributed by atoms with Gasteiger partial charge in [0.05, 0.1) is 12.3 Å². The number of Topliss-reactive ketones (excluding diaryl/α,β-unsaturated/α-hetero) is 1. The molecular weight excluding hydrogens is 485 g/mol. The summed E-state index contributed by atoms with van der Waals surface area (Å²) in [5, 5.41) is -0.182. The SMILES string of the molecule is O=C(CCc1cccc(OCc2ccnc(C(F)(F)F)c2)c1)[C@@H]1CCCN1S(=O)(=O)c1ccco1. The number of alkyl halides is 3. The van der Waals surface area contributed by atoms with Gasteiger partial charge in [-0.05, 0) is 66.8 Å². The number of ketones is 1. The van der Waals surface area contributed by atoms with Gasteiger partial charge in [-0.25, -0.2) is 8.42 Å². The number of hydrogen-bond acceptors (Lipinski definition) is 6. The van der Waals surface area contributed by atoms with Crippen molar-refractivity contribution in [3.05, 3.63) is 77.8 Å². The predicted molar refractivity (Wildman–Crippen MR) is 119 cm³/mol. The lowest BCUT2D eigenvalue weighted by molar-refractivity contribution is -0.141. The molecule has 0 aliphatic carbocycles. The topological polar surface area (TPSA) is 89.7 Å². The number of nitrogens with zero attached hydrogens (tertiary/aromatic N) is 2. The van der Waals surface area contributed by atoms with Crippen molar-refractivity contribution in [2.45, 2.75) is 49.6 Å². The molecule has 0 saturated carbocycles. The van der Waals surface area contributed by atoms with E-state index in [0.717, 1.165) is 17.8 Å². The molecule has 35 heavy (non-hydrogen) atoms. The summed E-state index contributed by atoms with van der Waals surface area (Å²) in [6, 6.07) is 11.4. The van der Waals surface area contributed by atoms with Crippen LogP contribution < -0.4 is 4.74 Å². The Balaban J connectivity index is 1.35. The average molecular weight is 509 g/mol. The summed E-state index contributed by atoms with van der Waals surface area (Å²) in [5.41, 5.74) is 0.132. The lowest BCUT2D eigenvalue weighted by Crippen LogP contribution is -2.40. The van der Waals surface area contributed by atoms with Crippen LogP contribution in [0.1, 0.15) is 36.1 Å². The first kappa shape index (κ1) is 24.9. The molecule has 0 radical (unpaired) electrons. The molecule has 11 heteroatoms. The molecule has 0 unspecified atom stereocenters. The third-order valence-corrected chi connectivity index (χ3v) is 7.51. The number of ether oxygens (including phenoxy) is 1. The first-order chi connectivity index (χ1) is 16.6. The summed E-state index contributed by atoms with van der Waals surface area (Å²) in [6.07, 6.45) is -0.625. The van der Waals surface area contributed by atoms with Crippen LogP contribution in [-0.2, 0) is 34.0 Å². The number of hydrogen-bond donors (Lipinski definition) is 0. The van der Waals surface area contributed by atoms with Gasteiger partial charge in [-0.15, -0.1) is 0 Å². The van der Waals surface area contributed by atoms with Crippen LogP contribution >= 0.6 is 0 Å². The van der Waals surface area contributed by atoms with E-state index in [2.05, 4.69) is 4.98 Å². The predicted octanol–water partition coefficient (Wildman–Crippen LogP) is 4.63. The van der Waals surface area contributed by atoms with E-state index in [1.54, 1.807) is 24.3 Å². The fraction of sp³-hybridized carbons (Fsp3) is 0.333. The Hall–Kier alpha value is -3.18. The molecule has 2 aromatic heterocycles. The minimum atomic E-state index is -4.53. The Bertz CT molecular complexity index is 1280. The Morgan fingerprint density at radius 3 is 2.71 bits per heavy atom. The number of halogens is 3. The minimum absolute atomic E-state index is 0.0738. The molecule has 1 saturated heterocycles. The minimum Gasteiger partial charge on any atom is -0.489 e. The number of furan rings is 1. The molecule has 0 amide bonds. The van der Waals surface area contributed by atoms with E-state index in [0.29, 0.717) is 30.6 Å². The fourth-order valence-electron chi connectivity index (χ4n) is 3.99. The fourth-order valence-corrected chi connectivity index (χ4v) is 5.57. The van der Waals surface area contributed by atoms with Crippen LogP contribution in [0, 0.1) is 0 Å². The number of rotatable bonds is 9. The van der Waals surface area contributed by atoms with Crippen LogP contribution in [0.2, 0.25) is 0 Å². The molecule has 1 fully saturated rings. The third kappa shape index (κ3) is 5.91. The van der Waals surface area contributed by atoms with Gasteiger partial charge < -0.3 is 9.15 Å². The maximum atomic E-state index is 12.9. The Kier molecular flexibility index (Phi) is 7.27. The summed E-state index contributed by atoms with van der Waals surface area (Å²) in [4.78, 5) is 16.2. The van der Waals surface area contributed by atoms with Gasteiger partial charge in [-0.3, -0.25) is 9.78 Å². The maximum Gasteiger partial charge on any atom is 0.433 e. The molecular formula is C24H23F3N2O5S. The number of carbonyl (C=O) groups excluding carboxylic acids is 1. The molecule has 3 aromatic rings. The normalized spacial score (nSPS) is 16.9. The van der Waals surface area contributed by atoms with Crippen LogP contribution in [0.4, 0.5) is 13.2 Å².